The molecule has 0 bridgehead atoms. The average molecular weight is 226 g/mol. The number of aromatic nitrogens is 1. The first-order chi connectivity index (χ1) is 7.54. The van der Waals surface area contributed by atoms with Crippen LogP contribution in [-0.2, 0) is 11.4 Å². The highest BCUT2D eigenvalue weighted by molar-refractivity contribution is 5.74. The van der Waals surface area contributed by atoms with Gasteiger partial charge >= 0.3 is 0 Å². The standard InChI is InChI=1S/C10H14N2O4/c11-9(15)4-8(14)10(16)7-3-1-2-6(5-13)12-7/h1-3,8,10,13-14,16H,4-5H2,(H2,11,15). The second kappa shape index (κ2) is 5.55. The van der Waals surface area contributed by atoms with Crippen molar-refractivity contribution in [2.24, 2.45) is 5.73 Å². The van der Waals surface area contributed by atoms with E-state index in [0.29, 0.717) is 5.69 Å². The molecule has 0 radical (unpaired) electrons. The van der Waals surface area contributed by atoms with Gasteiger partial charge in [0.05, 0.1) is 30.5 Å². The van der Waals surface area contributed by atoms with Crippen LogP contribution in [0, 0.1) is 0 Å². The van der Waals surface area contributed by atoms with Crippen molar-refractivity contribution < 1.29 is 20.1 Å². The molecule has 0 aliphatic heterocycles. The Morgan fingerprint density at radius 2 is 2.12 bits per heavy atom. The summed E-state index contributed by atoms with van der Waals surface area (Å²) in [6, 6.07) is 4.67. The number of aliphatic hydroxyl groups excluding tert-OH is 3. The van der Waals surface area contributed by atoms with Crippen LogP contribution in [0.5, 0.6) is 0 Å². The van der Waals surface area contributed by atoms with Crippen molar-refractivity contribution >= 4 is 5.91 Å². The van der Waals surface area contributed by atoms with E-state index >= 15 is 0 Å². The van der Waals surface area contributed by atoms with Gasteiger partial charge in [-0.2, -0.15) is 0 Å². The first kappa shape index (κ1) is 12.6. The fraction of sp³-hybridized carbons (Fsp3) is 0.400. The van der Waals surface area contributed by atoms with Crippen LogP contribution in [0.4, 0.5) is 0 Å². The molecule has 2 unspecified atom stereocenters. The van der Waals surface area contributed by atoms with E-state index in [1.54, 1.807) is 12.1 Å². The Balaban J connectivity index is 2.78. The van der Waals surface area contributed by atoms with Gasteiger partial charge in [-0.25, -0.2) is 0 Å². The lowest BCUT2D eigenvalue weighted by atomic mass is 10.1. The summed E-state index contributed by atoms with van der Waals surface area (Å²) in [5, 5.41) is 28.0. The van der Waals surface area contributed by atoms with Gasteiger partial charge < -0.3 is 21.1 Å². The zero-order valence-corrected chi connectivity index (χ0v) is 8.58. The van der Waals surface area contributed by atoms with Crippen LogP contribution >= 0.6 is 0 Å². The van der Waals surface area contributed by atoms with Crippen LogP contribution in [0.3, 0.4) is 0 Å². The van der Waals surface area contributed by atoms with Crippen LogP contribution in [0.25, 0.3) is 0 Å². The van der Waals surface area contributed by atoms with E-state index in [4.69, 9.17) is 10.8 Å². The molecule has 0 saturated carbocycles. The number of carbonyl (C=O) groups is 1. The minimum Gasteiger partial charge on any atom is -0.390 e. The lowest BCUT2D eigenvalue weighted by molar-refractivity contribution is -0.121. The maximum absolute atomic E-state index is 10.6. The van der Waals surface area contributed by atoms with Gasteiger partial charge in [0.25, 0.3) is 0 Å². The number of hydrogen-bond acceptors (Lipinski definition) is 5. The number of primary amides is 1. The van der Waals surface area contributed by atoms with E-state index < -0.39 is 18.1 Å². The topological polar surface area (TPSA) is 117 Å². The van der Waals surface area contributed by atoms with E-state index in [9.17, 15) is 15.0 Å². The van der Waals surface area contributed by atoms with Crippen molar-refractivity contribution in [2.75, 3.05) is 0 Å². The van der Waals surface area contributed by atoms with Crippen molar-refractivity contribution in [3.8, 4) is 0 Å². The Morgan fingerprint density at radius 1 is 1.44 bits per heavy atom. The van der Waals surface area contributed by atoms with Crippen LogP contribution in [0.1, 0.15) is 23.9 Å². The van der Waals surface area contributed by atoms with Gasteiger partial charge in [0.2, 0.25) is 5.91 Å². The summed E-state index contributed by atoms with van der Waals surface area (Å²) in [7, 11) is 0. The largest absolute Gasteiger partial charge is 0.390 e. The molecule has 16 heavy (non-hydrogen) atoms. The summed E-state index contributed by atoms with van der Waals surface area (Å²) in [6.45, 7) is -0.257. The van der Waals surface area contributed by atoms with Gasteiger partial charge in [0.15, 0.2) is 0 Å². The first-order valence-corrected chi connectivity index (χ1v) is 4.75. The molecule has 1 heterocycles. The van der Waals surface area contributed by atoms with Gasteiger partial charge in [-0.3, -0.25) is 9.78 Å². The predicted octanol–water partition coefficient (Wildman–Crippen LogP) is -1.16. The number of carbonyl (C=O) groups excluding carboxylic acids is 1. The van der Waals surface area contributed by atoms with Gasteiger partial charge in [-0.05, 0) is 12.1 Å². The molecule has 5 N–H and O–H groups in total. The SMILES string of the molecule is NC(=O)CC(O)C(O)c1cccc(CO)n1. The maximum Gasteiger partial charge on any atom is 0.220 e. The monoisotopic (exact) mass is 226 g/mol. The van der Waals surface area contributed by atoms with E-state index in [-0.39, 0.29) is 18.7 Å². The molecule has 0 aromatic carbocycles. The van der Waals surface area contributed by atoms with Gasteiger partial charge in [0, 0.05) is 0 Å². The molecule has 0 spiro atoms. The number of hydrogen-bond donors (Lipinski definition) is 4. The third-order valence-electron chi connectivity index (χ3n) is 2.07. The molecule has 6 heteroatoms. The Labute approximate surface area is 92.4 Å². The van der Waals surface area contributed by atoms with Crippen LogP contribution < -0.4 is 5.73 Å². The number of nitrogens with two attached hydrogens (primary N) is 1. The second-order valence-corrected chi connectivity index (χ2v) is 3.39. The smallest absolute Gasteiger partial charge is 0.220 e. The molecule has 1 amide bonds. The summed E-state index contributed by atoms with van der Waals surface area (Å²) in [6.07, 6.45) is -2.93. The summed E-state index contributed by atoms with van der Waals surface area (Å²) >= 11 is 0. The zero-order valence-electron chi connectivity index (χ0n) is 8.58. The number of rotatable bonds is 5. The van der Waals surface area contributed by atoms with Gasteiger partial charge in [-0.1, -0.05) is 6.07 Å². The molecule has 2 atom stereocenters. The maximum atomic E-state index is 10.6. The summed E-state index contributed by atoms with van der Waals surface area (Å²) in [5.74, 6) is -0.704. The first-order valence-electron chi connectivity index (χ1n) is 4.75. The number of aliphatic hydroxyl groups is 3. The number of amides is 1. The third-order valence-corrected chi connectivity index (χ3v) is 2.07. The Bertz CT molecular complexity index is 370. The Hall–Kier alpha value is -1.50. The lowest BCUT2D eigenvalue weighted by Gasteiger charge is -2.16. The molecule has 6 nitrogen and oxygen atoms in total. The van der Waals surface area contributed by atoms with Crippen molar-refractivity contribution in [3.05, 3.63) is 29.6 Å². The normalized spacial score (nSPS) is 14.4. The van der Waals surface area contributed by atoms with Gasteiger partial charge in [0.1, 0.15) is 6.10 Å². The van der Waals surface area contributed by atoms with Crippen molar-refractivity contribution in [2.45, 2.75) is 25.2 Å². The molecule has 0 aliphatic carbocycles. The van der Waals surface area contributed by atoms with Crippen molar-refractivity contribution in [1.29, 1.82) is 0 Å². The fourth-order valence-corrected chi connectivity index (χ4v) is 1.27. The highest BCUT2D eigenvalue weighted by atomic mass is 16.3. The Morgan fingerprint density at radius 3 is 2.69 bits per heavy atom. The molecule has 88 valence electrons. The lowest BCUT2D eigenvalue weighted by Crippen LogP contribution is -2.26. The summed E-state index contributed by atoms with van der Waals surface area (Å²) in [5.41, 5.74) is 5.47. The quantitative estimate of drug-likeness (QED) is 0.505. The predicted molar refractivity (Wildman–Crippen MR) is 54.9 cm³/mol. The average Bonchev–Trinajstić information content (AvgIpc) is 2.27. The van der Waals surface area contributed by atoms with E-state index in [1.165, 1.54) is 6.07 Å². The molecule has 1 aromatic heterocycles. The molecule has 1 aromatic rings. The second-order valence-electron chi connectivity index (χ2n) is 3.39. The fourth-order valence-electron chi connectivity index (χ4n) is 1.27. The molecule has 0 aliphatic rings. The summed E-state index contributed by atoms with van der Waals surface area (Å²) in [4.78, 5) is 14.5. The highest BCUT2D eigenvalue weighted by Gasteiger charge is 2.21. The minimum atomic E-state index is -1.29. The molecule has 0 saturated heterocycles. The van der Waals surface area contributed by atoms with E-state index in [1.807, 2.05) is 0 Å². The molecule has 1 rings (SSSR count). The highest BCUT2D eigenvalue weighted by Crippen LogP contribution is 2.17. The molecule has 0 fully saturated rings. The van der Waals surface area contributed by atoms with Crippen molar-refractivity contribution in [3.63, 3.8) is 0 Å². The number of nitrogens with zero attached hydrogens (tertiary/aromatic N) is 1. The summed E-state index contributed by atoms with van der Waals surface area (Å²) < 4.78 is 0. The number of pyridine rings is 1. The Kier molecular flexibility index (Phi) is 4.36. The van der Waals surface area contributed by atoms with E-state index in [2.05, 4.69) is 4.98 Å². The van der Waals surface area contributed by atoms with Crippen LogP contribution in [-0.4, -0.2) is 32.3 Å². The van der Waals surface area contributed by atoms with Crippen molar-refractivity contribution in [1.82, 2.24) is 4.98 Å². The minimum absolute atomic E-state index is 0.195. The van der Waals surface area contributed by atoms with Crippen LogP contribution in [0.2, 0.25) is 0 Å². The third kappa shape index (κ3) is 3.27. The van der Waals surface area contributed by atoms with E-state index in [0.717, 1.165) is 0 Å². The molecular weight excluding hydrogens is 212 g/mol. The van der Waals surface area contributed by atoms with Gasteiger partial charge in [-0.15, -0.1) is 0 Å². The zero-order chi connectivity index (χ0) is 12.1. The van der Waals surface area contributed by atoms with Crippen LogP contribution in [0.15, 0.2) is 18.2 Å². The molecular formula is C10H14N2O4.